The van der Waals surface area contributed by atoms with Crippen molar-refractivity contribution < 1.29 is 19.0 Å². The van der Waals surface area contributed by atoms with E-state index in [9.17, 15) is 4.79 Å². The Balaban J connectivity index is 1.64. The molecule has 1 aliphatic rings. The van der Waals surface area contributed by atoms with Crippen LogP contribution >= 0.6 is 23.2 Å². The molecule has 3 aromatic rings. The monoisotopic (exact) mass is 538 g/mol. The van der Waals surface area contributed by atoms with Gasteiger partial charge in [-0.1, -0.05) is 72.6 Å². The van der Waals surface area contributed by atoms with Gasteiger partial charge in [0.1, 0.15) is 29.2 Å². The summed E-state index contributed by atoms with van der Waals surface area (Å²) in [5, 5.41) is 0. The average molecular weight is 539 g/mol. The Morgan fingerprint density at radius 1 is 0.919 bits per heavy atom. The molecule has 0 N–H and O–H groups in total. The quantitative estimate of drug-likeness (QED) is 0.162. The summed E-state index contributed by atoms with van der Waals surface area (Å²) in [7, 11) is 0. The lowest BCUT2D eigenvalue weighted by atomic mass is 9.93. The first-order valence-corrected chi connectivity index (χ1v) is 13.4. The second-order valence-corrected chi connectivity index (χ2v) is 10.1. The van der Waals surface area contributed by atoms with Crippen molar-refractivity contribution in [3.63, 3.8) is 0 Å². The van der Waals surface area contributed by atoms with Crippen LogP contribution in [0.2, 0.25) is 0 Å². The van der Waals surface area contributed by atoms with Crippen molar-refractivity contribution in [3.8, 4) is 33.8 Å². The molecule has 194 valence electrons. The molecule has 1 aliphatic carbocycles. The summed E-state index contributed by atoms with van der Waals surface area (Å²) >= 11 is 11.6. The molecule has 6 heteroatoms. The van der Waals surface area contributed by atoms with Crippen LogP contribution < -0.4 is 9.47 Å². The average Bonchev–Trinajstić information content (AvgIpc) is 3.27. The Hall–Kier alpha value is -2.79. The van der Waals surface area contributed by atoms with E-state index in [2.05, 4.69) is 55.5 Å². The molecule has 4 nitrogen and oxygen atoms in total. The van der Waals surface area contributed by atoms with Gasteiger partial charge in [0.2, 0.25) is 0 Å². The van der Waals surface area contributed by atoms with Crippen molar-refractivity contribution >= 4 is 29.0 Å². The molecule has 0 heterocycles. The highest BCUT2D eigenvalue weighted by atomic mass is 35.5. The highest BCUT2D eigenvalue weighted by Gasteiger charge is 2.24. The SMILES string of the molecule is CCc1cc(OCC=C(Cl)Cl)cc(-c2cccc3c2Cc2ccccc2-3)c1OCCCCOCC(C)=O. The minimum Gasteiger partial charge on any atom is -0.493 e. The molecule has 0 radical (unpaired) electrons. The van der Waals surface area contributed by atoms with E-state index in [1.54, 1.807) is 6.08 Å². The summed E-state index contributed by atoms with van der Waals surface area (Å²) in [6.07, 6.45) is 4.96. The van der Waals surface area contributed by atoms with E-state index in [0.29, 0.717) is 13.2 Å². The number of benzene rings is 3. The lowest BCUT2D eigenvalue weighted by molar-refractivity contribution is -0.121. The molecule has 0 saturated carbocycles. The van der Waals surface area contributed by atoms with E-state index in [1.165, 1.54) is 29.2 Å². The van der Waals surface area contributed by atoms with Gasteiger partial charge in [-0.2, -0.15) is 0 Å². The van der Waals surface area contributed by atoms with Crippen molar-refractivity contribution in [1.82, 2.24) is 0 Å². The number of rotatable bonds is 13. The molecule has 0 unspecified atom stereocenters. The topological polar surface area (TPSA) is 44.8 Å². The molecule has 0 bridgehead atoms. The number of aryl methyl sites for hydroxylation is 1. The number of unbranched alkanes of at least 4 members (excludes halogenated alkanes) is 1. The van der Waals surface area contributed by atoms with Gasteiger partial charge >= 0.3 is 0 Å². The molecule has 0 aliphatic heterocycles. The maximum atomic E-state index is 11.1. The fourth-order valence-corrected chi connectivity index (χ4v) is 4.81. The zero-order chi connectivity index (χ0) is 26.2. The third-order valence-corrected chi connectivity index (χ3v) is 6.69. The van der Waals surface area contributed by atoms with E-state index in [4.69, 9.17) is 37.4 Å². The number of hydrogen-bond acceptors (Lipinski definition) is 4. The predicted octanol–water partition coefficient (Wildman–Crippen LogP) is 7.95. The van der Waals surface area contributed by atoms with E-state index in [0.717, 1.165) is 53.9 Å². The molecule has 0 atom stereocenters. The van der Waals surface area contributed by atoms with Gasteiger partial charge in [0.25, 0.3) is 0 Å². The second kappa shape index (κ2) is 13.1. The van der Waals surface area contributed by atoms with E-state index < -0.39 is 0 Å². The largest absolute Gasteiger partial charge is 0.493 e. The zero-order valence-corrected chi connectivity index (χ0v) is 22.8. The Morgan fingerprint density at radius 2 is 1.65 bits per heavy atom. The molecule has 0 aromatic heterocycles. The van der Waals surface area contributed by atoms with Gasteiger partial charge in [-0.3, -0.25) is 4.79 Å². The number of fused-ring (bicyclic) bond motifs is 3. The highest BCUT2D eigenvalue weighted by molar-refractivity contribution is 6.55. The molecular formula is C31H32Cl2O4. The Morgan fingerprint density at radius 3 is 2.41 bits per heavy atom. The number of ether oxygens (including phenoxy) is 3. The number of carbonyl (C=O) groups is 1. The minimum atomic E-state index is 0.0390. The van der Waals surface area contributed by atoms with Crippen molar-refractivity contribution in [2.45, 2.75) is 39.5 Å². The summed E-state index contributed by atoms with van der Waals surface area (Å²) in [4.78, 5) is 11.1. The van der Waals surface area contributed by atoms with Gasteiger partial charge in [0, 0.05) is 12.2 Å². The van der Waals surface area contributed by atoms with Crippen LogP contribution in [-0.2, 0) is 22.4 Å². The van der Waals surface area contributed by atoms with Crippen LogP contribution in [0, 0.1) is 0 Å². The van der Waals surface area contributed by atoms with Crippen LogP contribution in [-0.4, -0.2) is 32.2 Å². The maximum Gasteiger partial charge on any atom is 0.155 e. The van der Waals surface area contributed by atoms with Gasteiger partial charge in [0.05, 0.1) is 6.61 Å². The molecule has 4 rings (SSSR count). The first-order valence-electron chi connectivity index (χ1n) is 12.7. The predicted molar refractivity (Wildman–Crippen MR) is 151 cm³/mol. The standard InChI is InChI=1S/C31H32Cl2O4/c1-3-22-17-24(36-16-13-30(32)33)19-29(31(22)37-15-7-6-14-35-20-21(2)34)27-12-8-11-26-25-10-5-4-9-23(25)18-28(26)27/h4-5,8-13,17,19H,3,6-7,14-16,18,20H2,1-2H3. The molecule has 0 spiro atoms. The third-order valence-electron chi connectivity index (χ3n) is 6.38. The van der Waals surface area contributed by atoms with E-state index >= 15 is 0 Å². The molecule has 0 amide bonds. The lowest BCUT2D eigenvalue weighted by Crippen LogP contribution is -2.07. The van der Waals surface area contributed by atoms with Gasteiger partial charge in [-0.25, -0.2) is 0 Å². The number of halogens is 2. The second-order valence-electron chi connectivity index (χ2n) is 9.09. The van der Waals surface area contributed by atoms with Crippen LogP contribution in [0.1, 0.15) is 43.4 Å². The summed E-state index contributed by atoms with van der Waals surface area (Å²) in [5.74, 6) is 1.67. The van der Waals surface area contributed by atoms with Crippen LogP contribution in [0.4, 0.5) is 0 Å². The molecule has 37 heavy (non-hydrogen) atoms. The molecule has 0 saturated heterocycles. The van der Waals surface area contributed by atoms with Gasteiger partial charge in [-0.15, -0.1) is 0 Å². The molecular weight excluding hydrogens is 507 g/mol. The normalized spacial score (nSPS) is 11.6. The van der Waals surface area contributed by atoms with Crippen LogP contribution in [0.15, 0.2) is 65.2 Å². The van der Waals surface area contributed by atoms with Crippen LogP contribution in [0.3, 0.4) is 0 Å². The lowest BCUT2D eigenvalue weighted by Gasteiger charge is -2.20. The summed E-state index contributed by atoms with van der Waals surface area (Å²) in [6, 6.07) is 19.1. The summed E-state index contributed by atoms with van der Waals surface area (Å²) < 4.78 is 18.0. The van der Waals surface area contributed by atoms with Gasteiger partial charge in [0.15, 0.2) is 5.78 Å². The summed E-state index contributed by atoms with van der Waals surface area (Å²) in [5.41, 5.74) is 8.44. The van der Waals surface area contributed by atoms with E-state index in [-0.39, 0.29) is 23.5 Å². The van der Waals surface area contributed by atoms with Crippen molar-refractivity contribution in [1.29, 1.82) is 0 Å². The minimum absolute atomic E-state index is 0.0390. The fraction of sp³-hybridized carbons (Fsp3) is 0.323. The Bertz CT molecular complexity index is 1280. The third kappa shape index (κ3) is 6.95. The fourth-order valence-electron chi connectivity index (χ4n) is 4.68. The number of carbonyl (C=O) groups excluding carboxylic acids is 1. The van der Waals surface area contributed by atoms with Gasteiger partial charge < -0.3 is 14.2 Å². The molecule has 3 aromatic carbocycles. The first kappa shape index (κ1) is 27.3. The zero-order valence-electron chi connectivity index (χ0n) is 21.3. The van der Waals surface area contributed by atoms with Crippen LogP contribution in [0.25, 0.3) is 22.3 Å². The number of Topliss-reactive ketones (excluding diaryl/α,β-unsaturated/α-hetero) is 1. The Kier molecular flexibility index (Phi) is 9.68. The van der Waals surface area contributed by atoms with Crippen molar-refractivity contribution in [2.75, 3.05) is 26.4 Å². The van der Waals surface area contributed by atoms with Crippen LogP contribution in [0.5, 0.6) is 11.5 Å². The van der Waals surface area contributed by atoms with Crippen molar-refractivity contribution in [3.05, 3.63) is 81.9 Å². The maximum absolute atomic E-state index is 11.1. The van der Waals surface area contributed by atoms with E-state index in [1.807, 2.05) is 6.07 Å². The smallest absolute Gasteiger partial charge is 0.155 e. The first-order chi connectivity index (χ1) is 18.0. The summed E-state index contributed by atoms with van der Waals surface area (Å²) in [6.45, 7) is 5.20. The molecule has 0 fully saturated rings. The number of ketones is 1. The number of hydrogen-bond donors (Lipinski definition) is 0. The Labute approximate surface area is 229 Å². The van der Waals surface area contributed by atoms with Gasteiger partial charge in [-0.05, 0) is 84.2 Å². The van der Waals surface area contributed by atoms with Crippen molar-refractivity contribution in [2.24, 2.45) is 0 Å². The highest BCUT2D eigenvalue weighted by Crippen LogP contribution is 2.45.